The zero-order valence-corrected chi connectivity index (χ0v) is 13.5. The first-order valence-corrected chi connectivity index (χ1v) is 9.68. The van der Waals surface area contributed by atoms with E-state index in [4.69, 9.17) is 9.05 Å². The average Bonchev–Trinajstić information content (AvgIpc) is 2.56. The second kappa shape index (κ2) is 8.49. The van der Waals surface area contributed by atoms with Gasteiger partial charge in [0, 0.05) is 4.91 Å². The smallest absolute Gasteiger partial charge is 0.305 e. The molecule has 0 N–H and O–H groups in total. The molecule has 0 unspecified atom stereocenters. The van der Waals surface area contributed by atoms with E-state index >= 15 is 0 Å². The van der Waals surface area contributed by atoms with Crippen LogP contribution in [0.4, 0.5) is 0 Å². The van der Waals surface area contributed by atoms with E-state index in [1.165, 1.54) is 0 Å². The van der Waals surface area contributed by atoms with Gasteiger partial charge in [-0.05, 0) is 38.2 Å². The second-order valence-electron chi connectivity index (χ2n) is 3.60. The normalized spacial score (nSPS) is 17.7. The van der Waals surface area contributed by atoms with Crippen molar-refractivity contribution in [2.24, 2.45) is 0 Å². The highest BCUT2D eigenvalue weighted by Crippen LogP contribution is 2.63. The van der Waals surface area contributed by atoms with Gasteiger partial charge in [-0.1, -0.05) is 6.08 Å². The molecule has 3 nitrogen and oxygen atoms in total. The van der Waals surface area contributed by atoms with Gasteiger partial charge in [0.1, 0.15) is 4.65 Å². The maximum Gasteiger partial charge on any atom is 0.368 e. The van der Waals surface area contributed by atoms with E-state index in [2.05, 4.69) is 6.58 Å². The molecule has 1 heterocycles. The van der Waals surface area contributed by atoms with Crippen LogP contribution in [0.1, 0.15) is 26.7 Å². The van der Waals surface area contributed by atoms with Crippen LogP contribution in [0.3, 0.4) is 0 Å². The van der Waals surface area contributed by atoms with Gasteiger partial charge in [-0.25, -0.2) is 0 Å². The van der Waals surface area contributed by atoms with Crippen molar-refractivity contribution in [3.8, 4) is 0 Å². The van der Waals surface area contributed by atoms with Crippen LogP contribution in [-0.2, 0) is 13.6 Å². The van der Waals surface area contributed by atoms with Crippen molar-refractivity contribution in [2.45, 2.75) is 26.7 Å². The third-order valence-electron chi connectivity index (χ3n) is 2.22. The standard InChI is InChI=1S/C12H21O3PS2/c1-4-8-11-12(18-10-7-9-17-11)16(13,14-5-2)15-6-3/h4H,1,5-10H2,2-3H3. The predicted molar refractivity (Wildman–Crippen MR) is 82.2 cm³/mol. The van der Waals surface area contributed by atoms with Gasteiger partial charge in [0.05, 0.1) is 13.2 Å². The van der Waals surface area contributed by atoms with Crippen LogP contribution in [0.25, 0.3) is 0 Å². The summed E-state index contributed by atoms with van der Waals surface area (Å²) >= 11 is 3.37. The molecule has 0 amide bonds. The lowest BCUT2D eigenvalue weighted by Crippen LogP contribution is -1.99. The molecule has 0 radical (unpaired) electrons. The summed E-state index contributed by atoms with van der Waals surface area (Å²) in [6, 6.07) is 0. The average molecular weight is 308 g/mol. The van der Waals surface area contributed by atoms with Crippen molar-refractivity contribution < 1.29 is 13.6 Å². The Kier molecular flexibility index (Phi) is 7.73. The van der Waals surface area contributed by atoms with Crippen molar-refractivity contribution in [2.75, 3.05) is 24.7 Å². The topological polar surface area (TPSA) is 35.5 Å². The maximum atomic E-state index is 12.8. The molecular weight excluding hydrogens is 287 g/mol. The van der Waals surface area contributed by atoms with E-state index in [0.717, 1.165) is 33.9 Å². The van der Waals surface area contributed by atoms with Gasteiger partial charge in [-0.15, -0.1) is 30.1 Å². The summed E-state index contributed by atoms with van der Waals surface area (Å²) in [7, 11) is -3.13. The van der Waals surface area contributed by atoms with E-state index in [9.17, 15) is 4.57 Å². The van der Waals surface area contributed by atoms with Crippen molar-refractivity contribution in [3.63, 3.8) is 0 Å². The molecule has 0 aliphatic carbocycles. The first kappa shape index (κ1) is 16.4. The molecule has 0 aromatic heterocycles. The first-order chi connectivity index (χ1) is 8.68. The Bertz CT molecular complexity index is 345. The summed E-state index contributed by atoms with van der Waals surface area (Å²) in [6.07, 6.45) is 3.69. The Morgan fingerprint density at radius 1 is 1.28 bits per heavy atom. The third-order valence-corrected chi connectivity index (χ3v) is 7.75. The number of rotatable bonds is 7. The molecule has 0 saturated heterocycles. The fourth-order valence-electron chi connectivity index (χ4n) is 1.57. The molecule has 0 atom stereocenters. The molecule has 1 aliphatic rings. The number of hydrogen-bond acceptors (Lipinski definition) is 5. The molecule has 0 aromatic rings. The van der Waals surface area contributed by atoms with Crippen LogP contribution in [0.5, 0.6) is 0 Å². The summed E-state index contributed by atoms with van der Waals surface area (Å²) in [4.78, 5) is 1.10. The molecule has 6 heteroatoms. The summed E-state index contributed by atoms with van der Waals surface area (Å²) < 4.78 is 24.5. The lowest BCUT2D eigenvalue weighted by Gasteiger charge is -2.21. The summed E-state index contributed by atoms with van der Waals surface area (Å²) in [5.74, 6) is 2.02. The lowest BCUT2D eigenvalue weighted by atomic mass is 10.4. The third kappa shape index (κ3) is 4.46. The molecule has 1 rings (SSSR count). The number of allylic oxidation sites excluding steroid dienone is 2. The van der Waals surface area contributed by atoms with Crippen LogP contribution in [0.15, 0.2) is 22.2 Å². The fourth-order valence-corrected chi connectivity index (χ4v) is 6.86. The van der Waals surface area contributed by atoms with E-state index in [1.807, 2.05) is 19.9 Å². The minimum Gasteiger partial charge on any atom is -0.305 e. The van der Waals surface area contributed by atoms with E-state index in [-0.39, 0.29) is 0 Å². The Morgan fingerprint density at radius 3 is 2.44 bits per heavy atom. The summed E-state index contributed by atoms with van der Waals surface area (Å²) in [5.41, 5.74) is 0. The Balaban J connectivity index is 3.08. The van der Waals surface area contributed by atoms with Gasteiger partial charge < -0.3 is 9.05 Å². The van der Waals surface area contributed by atoms with Crippen molar-refractivity contribution in [1.82, 2.24) is 0 Å². The van der Waals surface area contributed by atoms with Crippen LogP contribution in [-0.4, -0.2) is 24.7 Å². The van der Waals surface area contributed by atoms with Gasteiger partial charge in [0.25, 0.3) is 0 Å². The molecule has 0 aromatic carbocycles. The largest absolute Gasteiger partial charge is 0.368 e. The molecule has 0 spiro atoms. The monoisotopic (exact) mass is 308 g/mol. The highest BCUT2D eigenvalue weighted by Gasteiger charge is 2.33. The Hall–Kier alpha value is 0.330. The van der Waals surface area contributed by atoms with E-state index in [1.54, 1.807) is 23.5 Å². The molecule has 18 heavy (non-hydrogen) atoms. The molecule has 0 saturated carbocycles. The zero-order valence-electron chi connectivity index (χ0n) is 11.0. The van der Waals surface area contributed by atoms with Gasteiger partial charge in [-0.2, -0.15) is 0 Å². The van der Waals surface area contributed by atoms with Gasteiger partial charge in [-0.3, -0.25) is 4.57 Å². The number of hydrogen-bond donors (Lipinski definition) is 0. The van der Waals surface area contributed by atoms with Crippen molar-refractivity contribution >= 4 is 31.1 Å². The Morgan fingerprint density at radius 2 is 1.89 bits per heavy atom. The minimum atomic E-state index is -3.13. The highest BCUT2D eigenvalue weighted by atomic mass is 32.2. The van der Waals surface area contributed by atoms with Crippen LogP contribution in [0.2, 0.25) is 0 Å². The van der Waals surface area contributed by atoms with Crippen LogP contribution in [0, 0.1) is 0 Å². The summed E-state index contributed by atoms with van der Waals surface area (Å²) in [6.45, 7) is 8.24. The fraction of sp³-hybridized carbons (Fsp3) is 0.667. The highest BCUT2D eigenvalue weighted by molar-refractivity contribution is 8.12. The maximum absolute atomic E-state index is 12.8. The van der Waals surface area contributed by atoms with Crippen LogP contribution >= 0.6 is 31.1 Å². The molecule has 0 bridgehead atoms. The number of thioether (sulfide) groups is 2. The van der Waals surface area contributed by atoms with Gasteiger partial charge >= 0.3 is 7.60 Å². The van der Waals surface area contributed by atoms with E-state index in [0.29, 0.717) is 13.2 Å². The molecule has 0 fully saturated rings. The van der Waals surface area contributed by atoms with Crippen LogP contribution < -0.4 is 0 Å². The molecule has 1 aliphatic heterocycles. The van der Waals surface area contributed by atoms with E-state index < -0.39 is 7.60 Å². The quantitative estimate of drug-likeness (QED) is 0.495. The minimum absolute atomic E-state index is 0.396. The van der Waals surface area contributed by atoms with Gasteiger partial charge in [0.2, 0.25) is 0 Å². The van der Waals surface area contributed by atoms with Gasteiger partial charge in [0.15, 0.2) is 0 Å². The summed E-state index contributed by atoms with van der Waals surface area (Å²) in [5, 5.41) is 0. The SMILES string of the molecule is C=CCC1=C(P(=O)(OCC)OCC)SCCCS1. The molecule has 104 valence electrons. The predicted octanol–water partition coefficient (Wildman–Crippen LogP) is 4.87. The Labute approximate surface area is 118 Å². The van der Waals surface area contributed by atoms with Crippen molar-refractivity contribution in [1.29, 1.82) is 0 Å². The molecular formula is C12H21O3PS2. The lowest BCUT2D eigenvalue weighted by molar-refractivity contribution is 0.228. The zero-order chi connectivity index (χ0) is 13.4. The van der Waals surface area contributed by atoms with Crippen molar-refractivity contribution in [3.05, 3.63) is 22.2 Å². The second-order valence-corrected chi connectivity index (χ2v) is 8.16. The first-order valence-electron chi connectivity index (χ1n) is 6.17.